The molecule has 1 N–H and O–H groups in total. The first-order chi connectivity index (χ1) is 11.1. The fraction of sp³-hybridized carbons (Fsp3) is 0.429. The minimum absolute atomic E-state index is 0.00440. The zero-order chi connectivity index (χ0) is 16.2. The third-order valence-corrected chi connectivity index (χ3v) is 3.83. The van der Waals surface area contributed by atoms with Gasteiger partial charge in [-0.1, -0.05) is 16.8 Å². The number of nitrogens with zero attached hydrogens (tertiary/aromatic N) is 4. The average Bonchev–Trinajstić information content (AvgIpc) is 3.03. The number of piperidine rings is 1. The standard InChI is InChI=1S/C14H15ClN4O4/c15-11-2-1-9(7-16-11)13-17-12(18-23-13)8-22-10-3-5-19(6-4-10)14(20)21/h1-2,7,10H,3-6,8H2,(H,20,21). The topological polar surface area (TPSA) is 102 Å². The van der Waals surface area contributed by atoms with Crippen molar-refractivity contribution in [2.24, 2.45) is 0 Å². The lowest BCUT2D eigenvalue weighted by atomic mass is 10.1. The Morgan fingerprint density at radius 1 is 1.43 bits per heavy atom. The lowest BCUT2D eigenvalue weighted by Gasteiger charge is -2.29. The molecule has 0 atom stereocenters. The van der Waals surface area contributed by atoms with Crippen LogP contribution >= 0.6 is 11.6 Å². The van der Waals surface area contributed by atoms with E-state index in [1.165, 1.54) is 4.90 Å². The van der Waals surface area contributed by atoms with Crippen molar-refractivity contribution in [3.05, 3.63) is 29.3 Å². The number of carbonyl (C=O) groups is 1. The number of rotatable bonds is 4. The summed E-state index contributed by atoms with van der Waals surface area (Å²) in [5.74, 6) is 0.795. The third kappa shape index (κ3) is 3.96. The summed E-state index contributed by atoms with van der Waals surface area (Å²) in [6.07, 6.45) is 2.01. The van der Waals surface area contributed by atoms with Crippen molar-refractivity contribution < 1.29 is 19.2 Å². The molecule has 0 aliphatic carbocycles. The Balaban J connectivity index is 1.52. The van der Waals surface area contributed by atoms with Crippen molar-refractivity contribution in [1.82, 2.24) is 20.0 Å². The molecule has 1 fully saturated rings. The normalized spacial score (nSPS) is 15.8. The molecular weight excluding hydrogens is 324 g/mol. The molecule has 1 aliphatic heterocycles. The summed E-state index contributed by atoms with van der Waals surface area (Å²) in [6, 6.07) is 3.39. The van der Waals surface area contributed by atoms with Gasteiger partial charge in [0.15, 0.2) is 5.82 Å². The van der Waals surface area contributed by atoms with Crippen LogP contribution in [0.5, 0.6) is 0 Å². The largest absolute Gasteiger partial charge is 0.465 e. The molecule has 2 aromatic heterocycles. The number of likely N-dealkylation sites (tertiary alicyclic amines) is 1. The highest BCUT2D eigenvalue weighted by molar-refractivity contribution is 6.29. The first-order valence-electron chi connectivity index (χ1n) is 7.16. The molecule has 23 heavy (non-hydrogen) atoms. The van der Waals surface area contributed by atoms with Crippen molar-refractivity contribution in [2.45, 2.75) is 25.6 Å². The van der Waals surface area contributed by atoms with Crippen LogP contribution in [0.3, 0.4) is 0 Å². The van der Waals surface area contributed by atoms with Crippen molar-refractivity contribution in [3.8, 4) is 11.5 Å². The number of aromatic nitrogens is 3. The molecule has 2 aromatic rings. The van der Waals surface area contributed by atoms with Gasteiger partial charge in [-0.25, -0.2) is 9.78 Å². The van der Waals surface area contributed by atoms with Gasteiger partial charge in [0.25, 0.3) is 5.89 Å². The predicted molar refractivity (Wildman–Crippen MR) is 79.9 cm³/mol. The molecule has 122 valence electrons. The van der Waals surface area contributed by atoms with Gasteiger partial charge in [0, 0.05) is 19.3 Å². The number of halogens is 1. The Bertz CT molecular complexity index is 668. The van der Waals surface area contributed by atoms with E-state index in [1.807, 2.05) is 0 Å². The summed E-state index contributed by atoms with van der Waals surface area (Å²) >= 11 is 5.73. The highest BCUT2D eigenvalue weighted by Gasteiger charge is 2.23. The van der Waals surface area contributed by atoms with E-state index in [0.29, 0.717) is 48.4 Å². The number of hydrogen-bond acceptors (Lipinski definition) is 6. The number of carboxylic acid groups (broad SMARTS) is 1. The monoisotopic (exact) mass is 338 g/mol. The van der Waals surface area contributed by atoms with E-state index < -0.39 is 6.09 Å². The van der Waals surface area contributed by atoms with Crippen LogP contribution in [-0.4, -0.2) is 50.4 Å². The highest BCUT2D eigenvalue weighted by atomic mass is 35.5. The van der Waals surface area contributed by atoms with Crippen LogP contribution < -0.4 is 0 Å². The minimum Gasteiger partial charge on any atom is -0.465 e. The number of amides is 1. The molecule has 3 heterocycles. The van der Waals surface area contributed by atoms with Gasteiger partial charge in [0.05, 0.1) is 11.7 Å². The molecule has 0 bridgehead atoms. The number of ether oxygens (including phenoxy) is 1. The van der Waals surface area contributed by atoms with Crippen LogP contribution in [-0.2, 0) is 11.3 Å². The van der Waals surface area contributed by atoms with Crippen LogP contribution in [0.15, 0.2) is 22.9 Å². The van der Waals surface area contributed by atoms with Crippen molar-refractivity contribution >= 4 is 17.7 Å². The van der Waals surface area contributed by atoms with Gasteiger partial charge in [-0.05, 0) is 25.0 Å². The van der Waals surface area contributed by atoms with Gasteiger partial charge >= 0.3 is 6.09 Å². The Hall–Kier alpha value is -2.19. The Labute approximate surface area is 137 Å². The molecule has 0 radical (unpaired) electrons. The lowest BCUT2D eigenvalue weighted by molar-refractivity contribution is -0.00294. The van der Waals surface area contributed by atoms with Crippen LogP contribution in [0.25, 0.3) is 11.5 Å². The van der Waals surface area contributed by atoms with E-state index in [4.69, 9.17) is 26.0 Å². The fourth-order valence-electron chi connectivity index (χ4n) is 2.34. The van der Waals surface area contributed by atoms with Crippen molar-refractivity contribution in [2.75, 3.05) is 13.1 Å². The Kier molecular flexibility index (Phi) is 4.73. The maximum atomic E-state index is 10.8. The van der Waals surface area contributed by atoms with E-state index in [2.05, 4.69) is 15.1 Å². The molecule has 0 unspecified atom stereocenters. The third-order valence-electron chi connectivity index (χ3n) is 3.60. The lowest BCUT2D eigenvalue weighted by Crippen LogP contribution is -2.40. The quantitative estimate of drug-likeness (QED) is 0.854. The van der Waals surface area contributed by atoms with E-state index in [9.17, 15) is 4.79 Å². The molecular formula is C14H15ClN4O4. The Morgan fingerprint density at radius 3 is 2.87 bits per heavy atom. The molecule has 0 saturated carbocycles. The summed E-state index contributed by atoms with van der Waals surface area (Å²) < 4.78 is 10.9. The summed E-state index contributed by atoms with van der Waals surface area (Å²) in [6.45, 7) is 1.18. The maximum absolute atomic E-state index is 10.8. The van der Waals surface area contributed by atoms with Crippen LogP contribution in [0.2, 0.25) is 5.15 Å². The molecule has 0 aromatic carbocycles. The van der Waals surface area contributed by atoms with Crippen LogP contribution in [0, 0.1) is 0 Å². The summed E-state index contributed by atoms with van der Waals surface area (Å²) in [5, 5.41) is 13.2. The zero-order valence-corrected chi connectivity index (χ0v) is 12.9. The number of hydrogen-bond donors (Lipinski definition) is 1. The van der Waals surface area contributed by atoms with Crippen molar-refractivity contribution in [3.63, 3.8) is 0 Å². The van der Waals surface area contributed by atoms with Gasteiger partial charge in [0.1, 0.15) is 11.8 Å². The first-order valence-corrected chi connectivity index (χ1v) is 7.53. The van der Waals surface area contributed by atoms with Gasteiger partial charge in [0.2, 0.25) is 0 Å². The minimum atomic E-state index is -0.886. The highest BCUT2D eigenvalue weighted by Crippen LogP contribution is 2.19. The molecule has 1 aliphatic rings. The maximum Gasteiger partial charge on any atom is 0.407 e. The van der Waals surface area contributed by atoms with Gasteiger partial charge in [-0.2, -0.15) is 4.98 Å². The molecule has 3 rings (SSSR count). The zero-order valence-electron chi connectivity index (χ0n) is 12.2. The second-order valence-corrected chi connectivity index (χ2v) is 5.55. The van der Waals surface area contributed by atoms with E-state index in [0.717, 1.165) is 0 Å². The summed E-state index contributed by atoms with van der Waals surface area (Å²) in [4.78, 5) is 20.4. The second kappa shape index (κ2) is 6.93. The number of pyridine rings is 1. The molecule has 9 heteroatoms. The first kappa shape index (κ1) is 15.7. The van der Waals surface area contributed by atoms with E-state index in [1.54, 1.807) is 18.3 Å². The van der Waals surface area contributed by atoms with Gasteiger partial charge in [-0.15, -0.1) is 0 Å². The average molecular weight is 339 g/mol. The Morgan fingerprint density at radius 2 is 2.22 bits per heavy atom. The smallest absolute Gasteiger partial charge is 0.407 e. The van der Waals surface area contributed by atoms with Gasteiger partial charge in [-0.3, -0.25) is 0 Å². The molecule has 1 saturated heterocycles. The summed E-state index contributed by atoms with van der Waals surface area (Å²) in [7, 11) is 0. The molecule has 0 spiro atoms. The van der Waals surface area contributed by atoms with Crippen LogP contribution in [0.1, 0.15) is 18.7 Å². The summed E-state index contributed by atoms with van der Waals surface area (Å²) in [5.41, 5.74) is 0.683. The van der Waals surface area contributed by atoms with Crippen molar-refractivity contribution in [1.29, 1.82) is 0 Å². The fourth-order valence-corrected chi connectivity index (χ4v) is 2.45. The second-order valence-electron chi connectivity index (χ2n) is 5.17. The molecule has 8 nitrogen and oxygen atoms in total. The van der Waals surface area contributed by atoms with E-state index >= 15 is 0 Å². The predicted octanol–water partition coefficient (Wildman–Crippen LogP) is 2.44. The SMILES string of the molecule is O=C(O)N1CCC(OCc2noc(-c3ccc(Cl)nc3)n2)CC1. The van der Waals surface area contributed by atoms with E-state index in [-0.39, 0.29) is 12.7 Å². The van der Waals surface area contributed by atoms with Crippen LogP contribution in [0.4, 0.5) is 4.79 Å². The molecule has 1 amide bonds. The van der Waals surface area contributed by atoms with Gasteiger partial charge < -0.3 is 19.3 Å².